The minimum absolute atomic E-state index is 0.0725. The molecule has 1 N–H and O–H groups in total. The third kappa shape index (κ3) is 5.83. The molecular weight excluding hydrogens is 288 g/mol. The summed E-state index contributed by atoms with van der Waals surface area (Å²) in [6, 6.07) is 6.28. The zero-order valence-corrected chi connectivity index (χ0v) is 12.3. The van der Waals surface area contributed by atoms with E-state index < -0.39 is 16.4 Å². The molecule has 0 spiro atoms. The summed E-state index contributed by atoms with van der Waals surface area (Å²) in [5.41, 5.74) is 0.601. The van der Waals surface area contributed by atoms with Crippen LogP contribution in [-0.2, 0) is 9.84 Å². The monoisotopic (exact) mass is 307 g/mol. The molecule has 1 atom stereocenters. The SMILES string of the molecule is CNC(CCCS(C)(=O)=O)c1ccccc1OC(F)F. The van der Waals surface area contributed by atoms with E-state index in [9.17, 15) is 17.2 Å². The number of alkyl halides is 2. The van der Waals surface area contributed by atoms with Gasteiger partial charge in [0.05, 0.1) is 0 Å². The number of ether oxygens (including phenoxy) is 1. The molecule has 0 fully saturated rings. The predicted octanol–water partition coefficient (Wildman–Crippen LogP) is 2.37. The highest BCUT2D eigenvalue weighted by Crippen LogP contribution is 2.29. The predicted molar refractivity (Wildman–Crippen MR) is 73.8 cm³/mol. The smallest absolute Gasteiger partial charge is 0.387 e. The maximum Gasteiger partial charge on any atom is 0.387 e. The number of sulfone groups is 1. The second kappa shape index (κ2) is 7.54. The van der Waals surface area contributed by atoms with Crippen LogP contribution >= 0.6 is 0 Å². The summed E-state index contributed by atoms with van der Waals surface area (Å²) in [6.07, 6.45) is 2.15. The van der Waals surface area contributed by atoms with E-state index in [1.165, 1.54) is 12.3 Å². The van der Waals surface area contributed by atoms with Gasteiger partial charge < -0.3 is 10.1 Å². The fraction of sp³-hybridized carbons (Fsp3) is 0.538. The number of para-hydroxylation sites is 1. The number of nitrogens with one attached hydrogen (secondary N) is 1. The van der Waals surface area contributed by atoms with Crippen LogP contribution in [0.5, 0.6) is 5.75 Å². The molecule has 0 heterocycles. The Morgan fingerprint density at radius 2 is 1.95 bits per heavy atom. The minimum Gasteiger partial charge on any atom is -0.434 e. The van der Waals surface area contributed by atoms with Crippen LogP contribution in [0.15, 0.2) is 24.3 Å². The van der Waals surface area contributed by atoms with Crippen molar-refractivity contribution in [2.75, 3.05) is 19.1 Å². The molecule has 0 aliphatic carbocycles. The molecule has 0 aromatic heterocycles. The summed E-state index contributed by atoms with van der Waals surface area (Å²) in [5.74, 6) is 0.185. The van der Waals surface area contributed by atoms with Crippen LogP contribution in [0.1, 0.15) is 24.4 Å². The Balaban J connectivity index is 2.78. The van der Waals surface area contributed by atoms with Crippen LogP contribution < -0.4 is 10.1 Å². The second-order valence-electron chi connectivity index (χ2n) is 4.53. The summed E-state index contributed by atoms with van der Waals surface area (Å²) < 4.78 is 51.4. The molecular formula is C13H19F2NO3S. The zero-order valence-electron chi connectivity index (χ0n) is 11.5. The number of rotatable bonds is 8. The van der Waals surface area contributed by atoms with Gasteiger partial charge in [-0.2, -0.15) is 8.78 Å². The van der Waals surface area contributed by atoms with Crippen molar-refractivity contribution < 1.29 is 21.9 Å². The van der Waals surface area contributed by atoms with E-state index in [1.807, 2.05) is 0 Å². The Hall–Kier alpha value is -1.21. The van der Waals surface area contributed by atoms with Crippen LogP contribution in [0, 0.1) is 0 Å². The number of hydrogen-bond donors (Lipinski definition) is 1. The Labute approximate surface area is 118 Å². The van der Waals surface area contributed by atoms with E-state index >= 15 is 0 Å². The van der Waals surface area contributed by atoms with E-state index in [0.29, 0.717) is 18.4 Å². The van der Waals surface area contributed by atoms with Gasteiger partial charge in [-0.1, -0.05) is 18.2 Å². The van der Waals surface area contributed by atoms with E-state index in [1.54, 1.807) is 25.2 Å². The summed E-state index contributed by atoms with van der Waals surface area (Å²) in [4.78, 5) is 0. The van der Waals surface area contributed by atoms with Gasteiger partial charge in [-0.05, 0) is 26.0 Å². The maximum absolute atomic E-state index is 12.4. The highest BCUT2D eigenvalue weighted by molar-refractivity contribution is 7.90. The average Bonchev–Trinajstić information content (AvgIpc) is 2.34. The van der Waals surface area contributed by atoms with Gasteiger partial charge in [0.15, 0.2) is 0 Å². The molecule has 7 heteroatoms. The van der Waals surface area contributed by atoms with Crippen molar-refractivity contribution in [1.82, 2.24) is 5.32 Å². The lowest BCUT2D eigenvalue weighted by molar-refractivity contribution is -0.0507. The van der Waals surface area contributed by atoms with Gasteiger partial charge in [0.25, 0.3) is 0 Å². The van der Waals surface area contributed by atoms with E-state index in [2.05, 4.69) is 10.1 Å². The Kier molecular flexibility index (Phi) is 6.35. The Morgan fingerprint density at radius 3 is 2.50 bits per heavy atom. The molecule has 1 aromatic carbocycles. The quantitative estimate of drug-likeness (QED) is 0.801. The minimum atomic E-state index is -3.02. The highest BCUT2D eigenvalue weighted by Gasteiger charge is 2.17. The second-order valence-corrected chi connectivity index (χ2v) is 6.79. The van der Waals surface area contributed by atoms with Gasteiger partial charge in [0.1, 0.15) is 15.6 Å². The van der Waals surface area contributed by atoms with E-state index in [-0.39, 0.29) is 17.5 Å². The molecule has 0 radical (unpaired) electrons. The molecule has 1 rings (SSSR count). The molecule has 0 amide bonds. The highest BCUT2D eigenvalue weighted by atomic mass is 32.2. The molecule has 0 saturated carbocycles. The average molecular weight is 307 g/mol. The molecule has 20 heavy (non-hydrogen) atoms. The lowest BCUT2D eigenvalue weighted by Crippen LogP contribution is -2.19. The first kappa shape index (κ1) is 16.8. The van der Waals surface area contributed by atoms with Gasteiger partial charge in [-0.25, -0.2) is 8.42 Å². The summed E-state index contributed by atoms with van der Waals surface area (Å²) in [6.45, 7) is -2.88. The summed E-state index contributed by atoms with van der Waals surface area (Å²) in [7, 11) is -1.32. The third-order valence-corrected chi connectivity index (χ3v) is 3.90. The summed E-state index contributed by atoms with van der Waals surface area (Å²) >= 11 is 0. The molecule has 0 aliphatic rings. The standard InChI is InChI=1S/C13H19F2NO3S/c1-16-11(7-5-9-20(2,17)18)10-6-3-4-8-12(10)19-13(14)15/h3-4,6,8,11,13,16H,5,7,9H2,1-2H3. The van der Waals surface area contributed by atoms with Crippen LogP contribution in [-0.4, -0.2) is 34.1 Å². The molecule has 114 valence electrons. The first-order valence-electron chi connectivity index (χ1n) is 6.22. The van der Waals surface area contributed by atoms with Gasteiger partial charge in [0, 0.05) is 23.6 Å². The molecule has 0 saturated heterocycles. The largest absolute Gasteiger partial charge is 0.434 e. The number of hydrogen-bond acceptors (Lipinski definition) is 4. The molecule has 4 nitrogen and oxygen atoms in total. The van der Waals surface area contributed by atoms with Crippen molar-refractivity contribution in [2.24, 2.45) is 0 Å². The van der Waals surface area contributed by atoms with E-state index in [4.69, 9.17) is 0 Å². The van der Waals surface area contributed by atoms with Crippen molar-refractivity contribution in [2.45, 2.75) is 25.5 Å². The Bertz CT molecular complexity index is 520. The summed E-state index contributed by atoms with van der Waals surface area (Å²) in [5, 5.41) is 3.00. The number of halogens is 2. The fourth-order valence-electron chi connectivity index (χ4n) is 1.98. The fourth-order valence-corrected chi connectivity index (χ4v) is 2.67. The maximum atomic E-state index is 12.4. The molecule has 0 bridgehead atoms. The van der Waals surface area contributed by atoms with Crippen molar-refractivity contribution in [3.8, 4) is 5.75 Å². The zero-order chi connectivity index (χ0) is 15.2. The van der Waals surface area contributed by atoms with Gasteiger partial charge >= 0.3 is 6.61 Å². The van der Waals surface area contributed by atoms with Crippen LogP contribution in [0.25, 0.3) is 0 Å². The van der Waals surface area contributed by atoms with Crippen LogP contribution in [0.3, 0.4) is 0 Å². The molecule has 1 aromatic rings. The van der Waals surface area contributed by atoms with Gasteiger partial charge in [-0.15, -0.1) is 0 Å². The normalized spacial score (nSPS) is 13.4. The van der Waals surface area contributed by atoms with Crippen LogP contribution in [0.2, 0.25) is 0 Å². The van der Waals surface area contributed by atoms with Crippen molar-refractivity contribution in [1.29, 1.82) is 0 Å². The van der Waals surface area contributed by atoms with Crippen molar-refractivity contribution >= 4 is 9.84 Å². The van der Waals surface area contributed by atoms with Gasteiger partial charge in [-0.3, -0.25) is 0 Å². The Morgan fingerprint density at radius 1 is 1.30 bits per heavy atom. The first-order chi connectivity index (χ1) is 9.33. The van der Waals surface area contributed by atoms with Gasteiger partial charge in [0.2, 0.25) is 0 Å². The van der Waals surface area contributed by atoms with Crippen LogP contribution in [0.4, 0.5) is 8.78 Å². The first-order valence-corrected chi connectivity index (χ1v) is 8.28. The third-order valence-electron chi connectivity index (χ3n) is 2.87. The molecule has 0 aliphatic heterocycles. The molecule has 1 unspecified atom stereocenters. The number of benzene rings is 1. The lowest BCUT2D eigenvalue weighted by atomic mass is 10.0. The lowest BCUT2D eigenvalue weighted by Gasteiger charge is -2.19. The van der Waals surface area contributed by atoms with Crippen molar-refractivity contribution in [3.63, 3.8) is 0 Å². The van der Waals surface area contributed by atoms with E-state index in [0.717, 1.165) is 0 Å². The van der Waals surface area contributed by atoms with Crippen molar-refractivity contribution in [3.05, 3.63) is 29.8 Å². The topological polar surface area (TPSA) is 55.4 Å².